The molecule has 1 amide bonds. The third-order valence-electron chi connectivity index (χ3n) is 6.39. The van der Waals surface area contributed by atoms with Gasteiger partial charge < -0.3 is 9.64 Å². The summed E-state index contributed by atoms with van der Waals surface area (Å²) >= 11 is 0. The first-order chi connectivity index (χ1) is 16.3. The summed E-state index contributed by atoms with van der Waals surface area (Å²) in [7, 11) is 0. The molecule has 2 heterocycles. The Labute approximate surface area is 194 Å². The maximum atomic E-state index is 13.9. The number of carbonyl (C=O) groups is 1. The zero-order valence-corrected chi connectivity index (χ0v) is 18.6. The van der Waals surface area contributed by atoms with Crippen molar-refractivity contribution in [1.82, 2.24) is 9.88 Å². The predicted molar refractivity (Wildman–Crippen MR) is 131 cm³/mol. The second-order valence-electron chi connectivity index (χ2n) is 8.68. The van der Waals surface area contributed by atoms with Gasteiger partial charge in [0, 0.05) is 30.6 Å². The minimum atomic E-state index is -0.314. The normalized spacial score (nSPS) is 16.6. The zero-order valence-electron chi connectivity index (χ0n) is 18.6. The fourth-order valence-corrected chi connectivity index (χ4v) is 4.80. The van der Waals surface area contributed by atoms with E-state index in [1.807, 2.05) is 77.8 Å². The SMILES string of the molecule is O=C(C(c1ccccc1)c1ccccc1)N1CCOC[C@H](Cc2cccc3cccnc23)C1. The van der Waals surface area contributed by atoms with Gasteiger partial charge in [-0.05, 0) is 29.2 Å². The Morgan fingerprint density at radius 1 is 0.909 bits per heavy atom. The van der Waals surface area contributed by atoms with Crippen LogP contribution >= 0.6 is 0 Å². The largest absolute Gasteiger partial charge is 0.379 e. The van der Waals surface area contributed by atoms with Gasteiger partial charge in [0.1, 0.15) is 0 Å². The van der Waals surface area contributed by atoms with E-state index < -0.39 is 0 Å². The van der Waals surface area contributed by atoms with E-state index in [-0.39, 0.29) is 17.7 Å². The lowest BCUT2D eigenvalue weighted by molar-refractivity contribution is -0.132. The van der Waals surface area contributed by atoms with Crippen LogP contribution in [0.2, 0.25) is 0 Å². The molecule has 1 fully saturated rings. The Balaban J connectivity index is 1.41. The number of rotatable bonds is 5. The summed E-state index contributed by atoms with van der Waals surface area (Å²) in [5, 5.41) is 1.14. The van der Waals surface area contributed by atoms with Crippen molar-refractivity contribution in [2.45, 2.75) is 12.3 Å². The minimum absolute atomic E-state index is 0.138. The second-order valence-corrected chi connectivity index (χ2v) is 8.68. The molecule has 4 nitrogen and oxygen atoms in total. The highest BCUT2D eigenvalue weighted by atomic mass is 16.5. The van der Waals surface area contributed by atoms with Gasteiger partial charge in [-0.25, -0.2) is 0 Å². The first kappa shape index (κ1) is 21.4. The van der Waals surface area contributed by atoms with Gasteiger partial charge in [-0.1, -0.05) is 84.9 Å². The Kier molecular flexibility index (Phi) is 6.45. The molecule has 0 bridgehead atoms. The van der Waals surface area contributed by atoms with Gasteiger partial charge in [0.05, 0.1) is 24.6 Å². The number of hydrogen-bond donors (Lipinski definition) is 0. The van der Waals surface area contributed by atoms with E-state index in [1.54, 1.807) is 0 Å². The number of para-hydroxylation sites is 1. The average Bonchev–Trinajstić information content (AvgIpc) is 3.11. The number of amides is 1. The first-order valence-corrected chi connectivity index (χ1v) is 11.6. The highest BCUT2D eigenvalue weighted by Gasteiger charge is 2.30. The Bertz CT molecular complexity index is 1170. The van der Waals surface area contributed by atoms with Crippen LogP contribution in [0, 0.1) is 5.92 Å². The van der Waals surface area contributed by atoms with E-state index in [0.717, 1.165) is 28.5 Å². The van der Waals surface area contributed by atoms with E-state index in [0.29, 0.717) is 26.3 Å². The lowest BCUT2D eigenvalue weighted by Gasteiger charge is -2.28. The fourth-order valence-electron chi connectivity index (χ4n) is 4.80. The maximum Gasteiger partial charge on any atom is 0.234 e. The molecule has 0 spiro atoms. The zero-order chi connectivity index (χ0) is 22.5. The van der Waals surface area contributed by atoms with E-state index in [4.69, 9.17) is 4.74 Å². The van der Waals surface area contributed by atoms with Gasteiger partial charge in [0.2, 0.25) is 5.91 Å². The lowest BCUT2D eigenvalue weighted by Crippen LogP contribution is -2.39. The van der Waals surface area contributed by atoms with Crippen LogP contribution in [0.5, 0.6) is 0 Å². The summed E-state index contributed by atoms with van der Waals surface area (Å²) in [5.74, 6) is 0.0422. The molecule has 3 aromatic carbocycles. The Morgan fingerprint density at radius 3 is 2.33 bits per heavy atom. The van der Waals surface area contributed by atoms with Crippen LogP contribution in [-0.2, 0) is 16.0 Å². The molecule has 0 N–H and O–H groups in total. The molecule has 4 aromatic rings. The second kappa shape index (κ2) is 9.97. The van der Waals surface area contributed by atoms with E-state index in [1.165, 1.54) is 5.56 Å². The number of nitrogens with zero attached hydrogens (tertiary/aromatic N) is 2. The first-order valence-electron chi connectivity index (χ1n) is 11.6. The molecule has 1 aliphatic rings. The van der Waals surface area contributed by atoms with Gasteiger partial charge in [-0.15, -0.1) is 0 Å². The van der Waals surface area contributed by atoms with Crippen molar-refractivity contribution in [3.63, 3.8) is 0 Å². The number of ether oxygens (including phenoxy) is 1. The van der Waals surface area contributed by atoms with Crippen molar-refractivity contribution in [1.29, 1.82) is 0 Å². The number of benzene rings is 3. The van der Waals surface area contributed by atoms with Crippen LogP contribution in [-0.4, -0.2) is 42.1 Å². The third-order valence-corrected chi connectivity index (χ3v) is 6.39. The minimum Gasteiger partial charge on any atom is -0.379 e. The van der Waals surface area contributed by atoms with Gasteiger partial charge in [-0.2, -0.15) is 0 Å². The van der Waals surface area contributed by atoms with Crippen LogP contribution in [0.1, 0.15) is 22.6 Å². The molecule has 1 aromatic heterocycles. The average molecular weight is 437 g/mol. The molecule has 5 rings (SSSR count). The van der Waals surface area contributed by atoms with Gasteiger partial charge in [-0.3, -0.25) is 9.78 Å². The highest BCUT2D eigenvalue weighted by Crippen LogP contribution is 2.28. The summed E-state index contributed by atoms with van der Waals surface area (Å²) < 4.78 is 5.95. The highest BCUT2D eigenvalue weighted by molar-refractivity contribution is 5.87. The number of carbonyl (C=O) groups excluding carboxylic acids is 1. The summed E-state index contributed by atoms with van der Waals surface area (Å²) in [5.41, 5.74) is 4.29. The molecule has 0 radical (unpaired) electrons. The number of fused-ring (bicyclic) bond motifs is 1. The molecule has 33 heavy (non-hydrogen) atoms. The van der Waals surface area contributed by atoms with E-state index in [9.17, 15) is 4.79 Å². The van der Waals surface area contributed by atoms with Crippen molar-refractivity contribution in [2.24, 2.45) is 5.92 Å². The van der Waals surface area contributed by atoms with Crippen molar-refractivity contribution < 1.29 is 9.53 Å². The Morgan fingerprint density at radius 2 is 1.61 bits per heavy atom. The molecule has 1 saturated heterocycles. The Hall–Kier alpha value is -3.50. The smallest absolute Gasteiger partial charge is 0.234 e. The molecular weight excluding hydrogens is 408 g/mol. The van der Waals surface area contributed by atoms with Crippen LogP contribution in [0.25, 0.3) is 10.9 Å². The molecule has 1 aliphatic heterocycles. The van der Waals surface area contributed by atoms with Crippen molar-refractivity contribution in [3.8, 4) is 0 Å². The van der Waals surface area contributed by atoms with Crippen LogP contribution in [0.15, 0.2) is 97.2 Å². The molecular formula is C29H28N2O2. The summed E-state index contributed by atoms with van der Waals surface area (Å²) in [4.78, 5) is 20.5. The van der Waals surface area contributed by atoms with Crippen LogP contribution < -0.4 is 0 Å². The maximum absolute atomic E-state index is 13.9. The molecule has 0 saturated carbocycles. The van der Waals surface area contributed by atoms with Crippen molar-refractivity contribution >= 4 is 16.8 Å². The van der Waals surface area contributed by atoms with Gasteiger partial charge in [0.25, 0.3) is 0 Å². The molecule has 0 unspecified atom stereocenters. The number of aromatic nitrogens is 1. The molecule has 1 atom stereocenters. The van der Waals surface area contributed by atoms with Crippen molar-refractivity contribution in [3.05, 3.63) is 114 Å². The summed E-state index contributed by atoms with van der Waals surface area (Å²) in [6.07, 6.45) is 2.68. The standard InChI is InChI=1S/C29H28N2O2/c32-29(27(23-9-3-1-4-10-23)24-11-5-2-6-12-24)31-17-18-33-21-22(20-31)19-26-14-7-13-25-15-8-16-30-28(25)26/h1-16,22,27H,17-21H2/t22-/m1/s1. The number of hydrogen-bond acceptors (Lipinski definition) is 3. The molecule has 4 heteroatoms. The predicted octanol–water partition coefficient (Wildman–Crippen LogP) is 5.08. The molecule has 0 aliphatic carbocycles. The summed E-state index contributed by atoms with van der Waals surface area (Å²) in [6.45, 7) is 2.50. The fraction of sp³-hybridized carbons (Fsp3) is 0.241. The van der Waals surface area contributed by atoms with Crippen LogP contribution in [0.4, 0.5) is 0 Å². The molecule has 166 valence electrons. The quantitative estimate of drug-likeness (QED) is 0.438. The summed E-state index contributed by atoms with van der Waals surface area (Å²) in [6, 6.07) is 30.5. The van der Waals surface area contributed by atoms with E-state index >= 15 is 0 Å². The topological polar surface area (TPSA) is 42.4 Å². The lowest BCUT2D eigenvalue weighted by atomic mass is 9.89. The van der Waals surface area contributed by atoms with E-state index in [2.05, 4.69) is 29.2 Å². The van der Waals surface area contributed by atoms with Crippen LogP contribution in [0.3, 0.4) is 0 Å². The monoisotopic (exact) mass is 436 g/mol. The van der Waals surface area contributed by atoms with Gasteiger partial charge >= 0.3 is 0 Å². The van der Waals surface area contributed by atoms with Crippen molar-refractivity contribution in [2.75, 3.05) is 26.3 Å². The van der Waals surface area contributed by atoms with Gasteiger partial charge in [0.15, 0.2) is 0 Å². The number of pyridine rings is 1. The third kappa shape index (κ3) is 4.81.